The van der Waals surface area contributed by atoms with E-state index in [-0.39, 0.29) is 4.21 Å². The minimum atomic E-state index is -3.55. The Hall–Kier alpha value is 0.420. The Morgan fingerprint density at radius 1 is 1.64 bits per heavy atom. The van der Waals surface area contributed by atoms with Crippen molar-refractivity contribution in [2.45, 2.75) is 11.1 Å². The summed E-state index contributed by atoms with van der Waals surface area (Å²) in [5.41, 5.74) is 0.678. The van der Waals surface area contributed by atoms with Gasteiger partial charge in [-0.2, -0.15) is 0 Å². The molecule has 1 aromatic heterocycles. The molecule has 0 radical (unpaired) electrons. The molecule has 0 aliphatic rings. The zero-order valence-corrected chi connectivity index (χ0v) is 9.44. The van der Waals surface area contributed by atoms with Crippen LogP contribution in [0.3, 0.4) is 0 Å². The lowest BCUT2D eigenvalue weighted by Crippen LogP contribution is -1.87. The second-order valence-electron chi connectivity index (χ2n) is 1.96. The van der Waals surface area contributed by atoms with Crippen molar-refractivity contribution in [1.82, 2.24) is 0 Å². The molecule has 0 N–H and O–H groups in total. The summed E-state index contributed by atoms with van der Waals surface area (Å²) >= 11 is 4.29. The molecule has 0 atom stereocenters. The Morgan fingerprint density at radius 3 is 2.36 bits per heavy atom. The molecule has 0 aliphatic heterocycles. The van der Waals surface area contributed by atoms with Gasteiger partial charge in [-0.15, -0.1) is 11.3 Å². The largest absolute Gasteiger partial charge is 0.271 e. The summed E-state index contributed by atoms with van der Waals surface area (Å²) in [4.78, 5) is 0. The molecule has 0 amide bonds. The van der Waals surface area contributed by atoms with Crippen molar-refractivity contribution in [3.05, 3.63) is 15.4 Å². The standard InChI is InChI=1S/C5H4BrClO2S2/c1-3-2-4(6)10-5(3)11(7,8)9/h2H,1H3. The van der Waals surface area contributed by atoms with E-state index >= 15 is 0 Å². The van der Waals surface area contributed by atoms with Gasteiger partial charge in [0.25, 0.3) is 9.05 Å². The fourth-order valence-electron chi connectivity index (χ4n) is 0.670. The Balaban J connectivity index is 3.36. The average molecular weight is 276 g/mol. The van der Waals surface area contributed by atoms with Crippen molar-refractivity contribution in [3.63, 3.8) is 0 Å². The second-order valence-corrected chi connectivity index (χ2v) is 7.15. The topological polar surface area (TPSA) is 34.1 Å². The molecule has 6 heteroatoms. The van der Waals surface area contributed by atoms with Crippen molar-refractivity contribution < 1.29 is 8.42 Å². The van der Waals surface area contributed by atoms with Crippen LogP contribution in [-0.2, 0) is 9.05 Å². The number of aryl methyl sites for hydroxylation is 1. The summed E-state index contributed by atoms with van der Waals surface area (Å²) in [6.07, 6.45) is 0. The molecular weight excluding hydrogens is 272 g/mol. The smallest absolute Gasteiger partial charge is 0.206 e. The van der Waals surface area contributed by atoms with Crippen molar-refractivity contribution in [2.75, 3.05) is 0 Å². The molecule has 0 bridgehead atoms. The number of hydrogen-bond acceptors (Lipinski definition) is 3. The third-order valence-corrected chi connectivity index (χ3v) is 5.01. The average Bonchev–Trinajstić information content (AvgIpc) is 2.08. The van der Waals surface area contributed by atoms with Crippen LogP contribution < -0.4 is 0 Å². The van der Waals surface area contributed by atoms with Crippen LogP contribution in [0.25, 0.3) is 0 Å². The van der Waals surface area contributed by atoms with Crippen molar-refractivity contribution in [2.24, 2.45) is 0 Å². The summed E-state index contributed by atoms with van der Waals surface area (Å²) in [6, 6.07) is 1.72. The highest BCUT2D eigenvalue weighted by molar-refractivity contribution is 9.11. The van der Waals surface area contributed by atoms with Gasteiger partial charge < -0.3 is 0 Å². The number of thiophene rings is 1. The molecule has 62 valence electrons. The van der Waals surface area contributed by atoms with Gasteiger partial charge in [-0.05, 0) is 34.5 Å². The van der Waals surface area contributed by atoms with Gasteiger partial charge >= 0.3 is 0 Å². The first-order chi connectivity index (χ1) is 4.91. The molecule has 11 heavy (non-hydrogen) atoms. The maximum absolute atomic E-state index is 10.8. The SMILES string of the molecule is Cc1cc(Br)sc1S(=O)(=O)Cl. The highest BCUT2D eigenvalue weighted by Gasteiger charge is 2.16. The van der Waals surface area contributed by atoms with E-state index in [0.29, 0.717) is 5.56 Å². The molecule has 0 aliphatic carbocycles. The summed E-state index contributed by atoms with van der Waals surface area (Å²) < 4.78 is 22.6. The molecule has 0 unspecified atom stereocenters. The van der Waals surface area contributed by atoms with E-state index in [9.17, 15) is 8.42 Å². The van der Waals surface area contributed by atoms with Gasteiger partial charge in [0.2, 0.25) is 0 Å². The third kappa shape index (κ3) is 2.18. The first-order valence-electron chi connectivity index (χ1n) is 2.62. The lowest BCUT2D eigenvalue weighted by Gasteiger charge is -1.89. The fourth-order valence-corrected chi connectivity index (χ4v) is 4.21. The van der Waals surface area contributed by atoms with Crippen LogP contribution in [0.1, 0.15) is 5.56 Å². The van der Waals surface area contributed by atoms with E-state index < -0.39 is 9.05 Å². The monoisotopic (exact) mass is 274 g/mol. The van der Waals surface area contributed by atoms with Gasteiger partial charge in [-0.1, -0.05) is 0 Å². The molecular formula is C5H4BrClO2S2. The minimum Gasteiger partial charge on any atom is -0.206 e. The minimum absolute atomic E-state index is 0.214. The number of rotatable bonds is 1. The normalized spacial score (nSPS) is 11.9. The van der Waals surface area contributed by atoms with Gasteiger partial charge in [0.1, 0.15) is 4.21 Å². The molecule has 1 heterocycles. The van der Waals surface area contributed by atoms with Gasteiger partial charge in [0.15, 0.2) is 0 Å². The van der Waals surface area contributed by atoms with Crippen LogP contribution in [0.15, 0.2) is 14.1 Å². The summed E-state index contributed by atoms with van der Waals surface area (Å²) in [5, 5.41) is 0. The van der Waals surface area contributed by atoms with E-state index in [4.69, 9.17) is 10.7 Å². The van der Waals surface area contributed by atoms with Gasteiger partial charge in [0, 0.05) is 10.7 Å². The molecule has 0 saturated heterocycles. The fraction of sp³-hybridized carbons (Fsp3) is 0.200. The van der Waals surface area contributed by atoms with E-state index in [1.807, 2.05) is 0 Å². The number of hydrogen-bond donors (Lipinski definition) is 0. The Labute approximate surface area is 81.7 Å². The molecule has 1 aromatic rings. The predicted octanol–water partition coefficient (Wildman–Crippen LogP) is 2.75. The Bertz CT molecular complexity index is 368. The van der Waals surface area contributed by atoms with Crippen LogP contribution in [0.5, 0.6) is 0 Å². The van der Waals surface area contributed by atoms with Crippen molar-refractivity contribution in [3.8, 4) is 0 Å². The molecule has 0 spiro atoms. The lowest BCUT2D eigenvalue weighted by molar-refractivity contribution is 0.611. The first kappa shape index (κ1) is 9.51. The summed E-state index contributed by atoms with van der Waals surface area (Å²) in [5.74, 6) is 0. The third-order valence-electron chi connectivity index (χ3n) is 1.06. The second kappa shape index (κ2) is 3.05. The molecule has 0 fully saturated rings. The van der Waals surface area contributed by atoms with E-state index in [2.05, 4.69) is 15.9 Å². The van der Waals surface area contributed by atoms with Crippen molar-refractivity contribution in [1.29, 1.82) is 0 Å². The van der Waals surface area contributed by atoms with Gasteiger partial charge in [-0.25, -0.2) is 8.42 Å². The summed E-state index contributed by atoms with van der Waals surface area (Å²) in [6.45, 7) is 1.70. The quantitative estimate of drug-likeness (QED) is 0.739. The highest BCUT2D eigenvalue weighted by atomic mass is 79.9. The van der Waals surface area contributed by atoms with Crippen LogP contribution in [0.2, 0.25) is 0 Å². The summed E-state index contributed by atoms with van der Waals surface area (Å²) in [7, 11) is 1.59. The molecule has 0 saturated carbocycles. The zero-order chi connectivity index (χ0) is 8.65. The number of halogens is 2. The van der Waals surface area contributed by atoms with E-state index in [1.54, 1.807) is 13.0 Å². The van der Waals surface area contributed by atoms with Crippen LogP contribution in [0.4, 0.5) is 0 Å². The Kier molecular flexibility index (Phi) is 2.63. The van der Waals surface area contributed by atoms with Gasteiger partial charge in [0.05, 0.1) is 3.79 Å². The van der Waals surface area contributed by atoms with E-state index in [1.165, 1.54) is 0 Å². The molecule has 0 aromatic carbocycles. The predicted molar refractivity (Wildman–Crippen MR) is 49.8 cm³/mol. The molecule has 1 rings (SSSR count). The van der Waals surface area contributed by atoms with Crippen LogP contribution in [-0.4, -0.2) is 8.42 Å². The Morgan fingerprint density at radius 2 is 2.18 bits per heavy atom. The first-order valence-corrected chi connectivity index (χ1v) is 6.54. The zero-order valence-electron chi connectivity index (χ0n) is 5.47. The highest BCUT2D eigenvalue weighted by Crippen LogP contribution is 2.32. The maximum Gasteiger partial charge on any atom is 0.271 e. The van der Waals surface area contributed by atoms with Crippen molar-refractivity contribution >= 4 is 47.0 Å². The van der Waals surface area contributed by atoms with Gasteiger partial charge in [-0.3, -0.25) is 0 Å². The maximum atomic E-state index is 10.8. The van der Waals surface area contributed by atoms with Crippen LogP contribution in [0, 0.1) is 6.92 Å². The lowest BCUT2D eigenvalue weighted by atomic mass is 10.4. The van der Waals surface area contributed by atoms with E-state index in [0.717, 1.165) is 15.1 Å². The molecule has 2 nitrogen and oxygen atoms in total. The van der Waals surface area contributed by atoms with Crippen LogP contribution >= 0.6 is 37.9 Å².